The summed E-state index contributed by atoms with van der Waals surface area (Å²) in [5, 5.41) is 11.9. The van der Waals surface area contributed by atoms with Gasteiger partial charge in [0.05, 0.1) is 11.4 Å². The van der Waals surface area contributed by atoms with Gasteiger partial charge in [0.25, 0.3) is 11.8 Å². The largest absolute Gasteiger partial charge is 0.321 e. The van der Waals surface area contributed by atoms with Gasteiger partial charge < -0.3 is 16.0 Å². The zero-order chi connectivity index (χ0) is 30.9. The van der Waals surface area contributed by atoms with Crippen molar-refractivity contribution in [2.24, 2.45) is 0 Å². The van der Waals surface area contributed by atoms with Crippen molar-refractivity contribution in [2.45, 2.75) is 4.90 Å². The highest BCUT2D eigenvalue weighted by Crippen LogP contribution is 2.27. The van der Waals surface area contributed by atoms with Crippen LogP contribution in [0.4, 0.5) is 10.8 Å². The van der Waals surface area contributed by atoms with Crippen LogP contribution in [0.1, 0.15) is 15.9 Å². The van der Waals surface area contributed by atoms with Crippen molar-refractivity contribution in [3.8, 4) is 11.3 Å². The molecule has 44 heavy (non-hydrogen) atoms. The number of hydrogen-bond donors (Lipinski definition) is 3. The minimum absolute atomic E-state index is 0.0534. The van der Waals surface area contributed by atoms with Crippen molar-refractivity contribution >= 4 is 80.9 Å². The summed E-state index contributed by atoms with van der Waals surface area (Å²) in [6.07, 6.45) is 1.56. The molecule has 0 radical (unpaired) electrons. The second-order valence-electron chi connectivity index (χ2n) is 9.29. The van der Waals surface area contributed by atoms with Crippen molar-refractivity contribution in [2.75, 3.05) is 16.4 Å². The SMILES string of the molecule is O=C(CSc1ccc(NC(=O)/C(=C/c2cccc(Cl)c2)NC(=O)c2ccccc2)cc1)Nc1nc(-c2ccc(Cl)cc2)cs1. The van der Waals surface area contributed by atoms with Gasteiger partial charge in [-0.15, -0.1) is 23.1 Å². The molecule has 220 valence electrons. The fourth-order valence-corrected chi connectivity index (χ4v) is 5.69. The summed E-state index contributed by atoms with van der Waals surface area (Å²) in [6.45, 7) is 0. The van der Waals surface area contributed by atoms with Crippen molar-refractivity contribution in [3.05, 3.63) is 135 Å². The molecule has 0 bridgehead atoms. The normalized spacial score (nSPS) is 11.1. The first-order chi connectivity index (χ1) is 21.3. The molecule has 1 heterocycles. The lowest BCUT2D eigenvalue weighted by Crippen LogP contribution is -2.30. The van der Waals surface area contributed by atoms with Crippen molar-refractivity contribution in [3.63, 3.8) is 0 Å². The Morgan fingerprint density at radius 2 is 1.57 bits per heavy atom. The first kappa shape index (κ1) is 31.0. The summed E-state index contributed by atoms with van der Waals surface area (Å²) in [7, 11) is 0. The Bertz CT molecular complexity index is 1810. The van der Waals surface area contributed by atoms with Crippen LogP contribution >= 0.6 is 46.3 Å². The first-order valence-corrected chi connectivity index (χ1v) is 15.8. The molecule has 0 saturated heterocycles. The van der Waals surface area contributed by atoms with E-state index in [1.165, 1.54) is 23.1 Å². The zero-order valence-corrected chi connectivity index (χ0v) is 26.1. The highest BCUT2D eigenvalue weighted by Gasteiger charge is 2.16. The molecular weight excluding hydrogens is 635 g/mol. The third-order valence-corrected chi connectivity index (χ3v) is 8.32. The van der Waals surface area contributed by atoms with Crippen LogP contribution in [0, 0.1) is 0 Å². The fraction of sp³-hybridized carbons (Fsp3) is 0.0303. The van der Waals surface area contributed by atoms with Crippen LogP contribution in [0.15, 0.2) is 119 Å². The molecule has 1 aromatic heterocycles. The number of halogens is 2. The van der Waals surface area contributed by atoms with E-state index in [1.807, 2.05) is 17.5 Å². The van der Waals surface area contributed by atoms with E-state index in [2.05, 4.69) is 20.9 Å². The standard InChI is InChI=1S/C33H24Cl2N4O3S2/c34-24-11-9-22(10-12-24)29-19-44-33(38-29)39-30(40)20-43-27-15-13-26(14-16-27)36-32(42)28(18-21-5-4-8-25(35)17-21)37-31(41)23-6-2-1-3-7-23/h1-19H,20H2,(H,36,42)(H,37,41)(H,38,39,40)/b28-18-. The third kappa shape index (κ3) is 8.81. The summed E-state index contributed by atoms with van der Waals surface area (Å²) in [5.41, 5.74) is 3.32. The molecule has 11 heteroatoms. The van der Waals surface area contributed by atoms with Crippen LogP contribution in [0.3, 0.4) is 0 Å². The predicted octanol–water partition coefficient (Wildman–Crippen LogP) is 8.26. The van der Waals surface area contributed by atoms with Crippen LogP contribution in [0.2, 0.25) is 10.0 Å². The van der Waals surface area contributed by atoms with Crippen LogP contribution in [0.5, 0.6) is 0 Å². The van der Waals surface area contributed by atoms with Crippen molar-refractivity contribution < 1.29 is 14.4 Å². The van der Waals surface area contributed by atoms with E-state index < -0.39 is 11.8 Å². The molecule has 7 nitrogen and oxygen atoms in total. The number of aromatic nitrogens is 1. The molecule has 0 aliphatic carbocycles. The van der Waals surface area contributed by atoms with Gasteiger partial charge in [-0.2, -0.15) is 0 Å². The average Bonchev–Trinajstić information content (AvgIpc) is 3.49. The number of benzene rings is 4. The molecule has 0 aliphatic heterocycles. The molecule has 0 fully saturated rings. The second kappa shape index (κ2) is 14.9. The Morgan fingerprint density at radius 3 is 2.30 bits per heavy atom. The Hall–Kier alpha value is -4.41. The highest BCUT2D eigenvalue weighted by molar-refractivity contribution is 8.00. The third-order valence-electron chi connectivity index (χ3n) is 6.06. The van der Waals surface area contributed by atoms with E-state index in [4.69, 9.17) is 23.2 Å². The smallest absolute Gasteiger partial charge is 0.272 e. The van der Waals surface area contributed by atoms with Gasteiger partial charge in [0.15, 0.2) is 5.13 Å². The quantitative estimate of drug-likeness (QED) is 0.104. The lowest BCUT2D eigenvalue weighted by atomic mass is 10.1. The lowest BCUT2D eigenvalue weighted by molar-refractivity contribution is -0.114. The molecular formula is C33H24Cl2N4O3S2. The molecule has 0 spiro atoms. The Morgan fingerprint density at radius 1 is 0.818 bits per heavy atom. The summed E-state index contributed by atoms with van der Waals surface area (Å²) in [4.78, 5) is 43.9. The van der Waals surface area contributed by atoms with Gasteiger partial charge in [0.2, 0.25) is 5.91 Å². The molecule has 3 amide bonds. The summed E-state index contributed by atoms with van der Waals surface area (Å²) in [6, 6.07) is 30.0. The topological polar surface area (TPSA) is 100 Å². The Kier molecular flexibility index (Phi) is 10.5. The van der Waals surface area contributed by atoms with E-state index in [0.29, 0.717) is 32.0 Å². The van der Waals surface area contributed by atoms with Crippen LogP contribution in [-0.2, 0) is 9.59 Å². The van der Waals surface area contributed by atoms with Crippen LogP contribution in [0.25, 0.3) is 17.3 Å². The molecule has 0 saturated carbocycles. The van der Waals surface area contributed by atoms with Crippen LogP contribution < -0.4 is 16.0 Å². The summed E-state index contributed by atoms with van der Waals surface area (Å²) in [5.74, 6) is -0.928. The number of nitrogens with zero attached hydrogens (tertiary/aromatic N) is 1. The second-order valence-corrected chi connectivity index (χ2v) is 12.1. The zero-order valence-electron chi connectivity index (χ0n) is 22.9. The Balaban J connectivity index is 1.18. The fourth-order valence-electron chi connectivity index (χ4n) is 3.93. The van der Waals surface area contributed by atoms with Gasteiger partial charge >= 0.3 is 0 Å². The minimum atomic E-state index is -0.504. The maximum Gasteiger partial charge on any atom is 0.272 e. The predicted molar refractivity (Wildman–Crippen MR) is 180 cm³/mol. The summed E-state index contributed by atoms with van der Waals surface area (Å²) >= 11 is 14.8. The van der Waals surface area contributed by atoms with Crippen molar-refractivity contribution in [1.29, 1.82) is 0 Å². The van der Waals surface area contributed by atoms with Gasteiger partial charge in [-0.25, -0.2) is 4.98 Å². The van der Waals surface area contributed by atoms with Gasteiger partial charge in [0, 0.05) is 37.1 Å². The van der Waals surface area contributed by atoms with E-state index in [1.54, 1.807) is 97.1 Å². The van der Waals surface area contributed by atoms with E-state index in [-0.39, 0.29) is 17.4 Å². The number of thioether (sulfide) groups is 1. The lowest BCUT2D eigenvalue weighted by Gasteiger charge is -2.12. The molecule has 0 unspecified atom stereocenters. The Labute approximate surface area is 272 Å². The van der Waals surface area contributed by atoms with Gasteiger partial charge in [-0.05, 0) is 72.3 Å². The van der Waals surface area contributed by atoms with Gasteiger partial charge in [-0.1, -0.05) is 65.7 Å². The number of amides is 3. The molecule has 0 atom stereocenters. The maximum absolute atomic E-state index is 13.3. The number of thiazole rings is 1. The first-order valence-electron chi connectivity index (χ1n) is 13.2. The number of anilines is 2. The number of rotatable bonds is 10. The van der Waals surface area contributed by atoms with Gasteiger partial charge in [0.1, 0.15) is 5.70 Å². The van der Waals surface area contributed by atoms with Crippen LogP contribution in [-0.4, -0.2) is 28.5 Å². The highest BCUT2D eigenvalue weighted by atomic mass is 35.5. The molecule has 4 aromatic carbocycles. The van der Waals surface area contributed by atoms with E-state index in [9.17, 15) is 14.4 Å². The average molecular weight is 660 g/mol. The summed E-state index contributed by atoms with van der Waals surface area (Å²) < 4.78 is 0. The molecule has 5 aromatic rings. The van der Waals surface area contributed by atoms with E-state index >= 15 is 0 Å². The number of nitrogens with one attached hydrogen (secondary N) is 3. The number of hydrogen-bond acceptors (Lipinski definition) is 6. The monoisotopic (exact) mass is 658 g/mol. The molecule has 0 aliphatic rings. The maximum atomic E-state index is 13.3. The molecule has 5 rings (SSSR count). The van der Waals surface area contributed by atoms with Gasteiger partial charge in [-0.3, -0.25) is 14.4 Å². The minimum Gasteiger partial charge on any atom is -0.321 e. The number of carbonyl (C=O) groups excluding carboxylic acids is 3. The van der Waals surface area contributed by atoms with E-state index in [0.717, 1.165) is 16.2 Å². The van der Waals surface area contributed by atoms with Crippen molar-refractivity contribution in [1.82, 2.24) is 10.3 Å². The number of carbonyl (C=O) groups is 3. The molecule has 3 N–H and O–H groups in total.